The zero-order chi connectivity index (χ0) is 17.2. The Balaban J connectivity index is 1.61. The lowest BCUT2D eigenvalue weighted by Gasteiger charge is -2.30. The Kier molecular flexibility index (Phi) is 3.93. The fraction of sp³-hybridized carbons (Fsp3) is 0.235. The van der Waals surface area contributed by atoms with Crippen molar-refractivity contribution in [2.45, 2.75) is 13.0 Å². The number of nitrogens with zero attached hydrogens (tertiary/aromatic N) is 6. The van der Waals surface area contributed by atoms with E-state index in [1.165, 1.54) is 13.2 Å². The Labute approximate surface area is 143 Å². The van der Waals surface area contributed by atoms with Gasteiger partial charge in [-0.05, 0) is 6.07 Å². The molecule has 0 amide bonds. The normalized spacial score (nSPS) is 13.4. The van der Waals surface area contributed by atoms with Crippen LogP contribution in [0, 0.1) is 5.95 Å². The molecule has 7 nitrogen and oxygen atoms in total. The van der Waals surface area contributed by atoms with Gasteiger partial charge in [0.15, 0.2) is 11.6 Å². The summed E-state index contributed by atoms with van der Waals surface area (Å²) in [6, 6.07) is 4.88. The maximum atomic E-state index is 13.6. The molecule has 3 aromatic rings. The number of methoxy groups -OCH3 is 1. The lowest BCUT2D eigenvalue weighted by atomic mass is 10.1. The molecular weight excluding hydrogens is 323 g/mol. The van der Waals surface area contributed by atoms with Crippen LogP contribution in [0.2, 0.25) is 0 Å². The van der Waals surface area contributed by atoms with E-state index in [-0.39, 0.29) is 5.88 Å². The van der Waals surface area contributed by atoms with Crippen LogP contribution in [0.15, 0.2) is 36.8 Å². The average Bonchev–Trinajstić information content (AvgIpc) is 2.67. The molecule has 0 atom stereocenters. The van der Waals surface area contributed by atoms with E-state index in [1.807, 2.05) is 0 Å². The molecule has 25 heavy (non-hydrogen) atoms. The second-order valence-electron chi connectivity index (χ2n) is 5.60. The van der Waals surface area contributed by atoms with Gasteiger partial charge < -0.3 is 9.64 Å². The van der Waals surface area contributed by atoms with Crippen molar-refractivity contribution in [3.05, 3.63) is 54.0 Å². The van der Waals surface area contributed by atoms with Crippen LogP contribution in [0.1, 0.15) is 11.3 Å². The smallest absolute Gasteiger partial charge is 0.218 e. The molecule has 1 aliphatic heterocycles. The van der Waals surface area contributed by atoms with Crippen molar-refractivity contribution in [2.75, 3.05) is 18.6 Å². The van der Waals surface area contributed by atoms with Gasteiger partial charge in [0.1, 0.15) is 0 Å². The zero-order valence-electron chi connectivity index (χ0n) is 13.6. The molecule has 0 spiro atoms. The van der Waals surface area contributed by atoms with Crippen LogP contribution in [0.5, 0.6) is 5.88 Å². The molecule has 8 heteroatoms. The Morgan fingerprint density at radius 3 is 2.72 bits per heavy atom. The summed E-state index contributed by atoms with van der Waals surface area (Å²) in [5.74, 6) is 0.722. The van der Waals surface area contributed by atoms with Gasteiger partial charge in [-0.15, -0.1) is 0 Å². The predicted octanol–water partition coefficient (Wildman–Crippen LogP) is 2.04. The first-order chi connectivity index (χ1) is 12.2. The van der Waals surface area contributed by atoms with E-state index in [0.717, 1.165) is 23.4 Å². The molecule has 0 unspecified atom stereocenters. The minimum Gasteiger partial charge on any atom is -0.481 e. The van der Waals surface area contributed by atoms with Gasteiger partial charge in [0, 0.05) is 61.5 Å². The summed E-state index contributed by atoms with van der Waals surface area (Å²) >= 11 is 0. The number of anilines is 1. The van der Waals surface area contributed by atoms with Crippen LogP contribution in [-0.4, -0.2) is 38.6 Å². The first-order valence-electron chi connectivity index (χ1n) is 7.81. The van der Waals surface area contributed by atoms with Crippen LogP contribution in [0.25, 0.3) is 11.6 Å². The first-order valence-corrected chi connectivity index (χ1v) is 7.81. The highest BCUT2D eigenvalue weighted by Crippen LogP contribution is 2.26. The fourth-order valence-electron chi connectivity index (χ4n) is 2.81. The average molecular weight is 338 g/mol. The van der Waals surface area contributed by atoms with E-state index in [2.05, 4.69) is 29.8 Å². The number of hydrogen-bond donors (Lipinski definition) is 0. The fourth-order valence-corrected chi connectivity index (χ4v) is 2.81. The molecule has 0 radical (unpaired) electrons. The van der Waals surface area contributed by atoms with E-state index < -0.39 is 5.95 Å². The van der Waals surface area contributed by atoms with Gasteiger partial charge in [0.2, 0.25) is 11.8 Å². The van der Waals surface area contributed by atoms with Crippen molar-refractivity contribution >= 4 is 5.69 Å². The molecule has 0 aliphatic carbocycles. The Hall–Kier alpha value is -3.16. The first kappa shape index (κ1) is 15.4. The van der Waals surface area contributed by atoms with Gasteiger partial charge in [-0.2, -0.15) is 9.37 Å². The highest BCUT2D eigenvalue weighted by Gasteiger charge is 2.20. The molecule has 0 bridgehead atoms. The summed E-state index contributed by atoms with van der Waals surface area (Å²) in [5, 5.41) is 0. The lowest BCUT2D eigenvalue weighted by Crippen LogP contribution is -2.31. The number of aromatic nitrogens is 5. The molecular formula is C17H15FN6O. The van der Waals surface area contributed by atoms with Crippen molar-refractivity contribution in [1.29, 1.82) is 0 Å². The van der Waals surface area contributed by atoms with Gasteiger partial charge in [0.05, 0.1) is 12.8 Å². The van der Waals surface area contributed by atoms with Crippen molar-refractivity contribution in [3.63, 3.8) is 0 Å². The van der Waals surface area contributed by atoms with E-state index in [1.54, 1.807) is 30.7 Å². The second kappa shape index (κ2) is 6.39. The molecule has 3 aromatic heterocycles. The lowest BCUT2D eigenvalue weighted by molar-refractivity contribution is 0.387. The molecule has 126 valence electrons. The number of halogens is 1. The van der Waals surface area contributed by atoms with Gasteiger partial charge >= 0.3 is 0 Å². The number of fused-ring (bicyclic) bond motifs is 1. The minimum absolute atomic E-state index is 0.258. The van der Waals surface area contributed by atoms with Crippen LogP contribution < -0.4 is 9.64 Å². The largest absolute Gasteiger partial charge is 0.481 e. The van der Waals surface area contributed by atoms with Gasteiger partial charge in [0.25, 0.3) is 0 Å². The summed E-state index contributed by atoms with van der Waals surface area (Å²) in [6.45, 7) is 1.31. The highest BCUT2D eigenvalue weighted by atomic mass is 19.1. The van der Waals surface area contributed by atoms with E-state index in [9.17, 15) is 4.39 Å². The summed E-state index contributed by atoms with van der Waals surface area (Å²) < 4.78 is 18.7. The second-order valence-corrected chi connectivity index (χ2v) is 5.60. The molecule has 0 aromatic carbocycles. The number of ether oxygens (including phenoxy) is 1. The number of rotatable bonds is 3. The standard InChI is InChI=1S/C17H15FN6O/c1-25-15-8-12(7-14(18)23-15)24-6-3-13-11(10-24)9-21-17(22-13)16-19-4-2-5-20-16/h2,4-5,7-9H,3,6,10H2,1H3. The monoisotopic (exact) mass is 338 g/mol. The summed E-state index contributed by atoms with van der Waals surface area (Å²) in [4.78, 5) is 23.1. The Morgan fingerprint density at radius 2 is 1.92 bits per heavy atom. The maximum Gasteiger partial charge on any atom is 0.218 e. The molecule has 0 saturated carbocycles. The molecule has 4 heterocycles. The molecule has 4 rings (SSSR count). The molecule has 1 aliphatic rings. The van der Waals surface area contributed by atoms with Crippen molar-refractivity contribution in [2.24, 2.45) is 0 Å². The SMILES string of the molecule is COc1cc(N2CCc3nc(-c4ncccn4)ncc3C2)cc(F)n1. The third-order valence-electron chi connectivity index (χ3n) is 4.03. The third-order valence-corrected chi connectivity index (χ3v) is 4.03. The summed E-state index contributed by atoms with van der Waals surface area (Å²) in [7, 11) is 1.47. The Morgan fingerprint density at radius 1 is 1.08 bits per heavy atom. The third kappa shape index (κ3) is 3.10. The van der Waals surface area contributed by atoms with Crippen LogP contribution in [0.3, 0.4) is 0 Å². The number of pyridine rings is 1. The van der Waals surface area contributed by atoms with Gasteiger partial charge in [-0.25, -0.2) is 19.9 Å². The summed E-state index contributed by atoms with van der Waals surface area (Å²) in [5.41, 5.74) is 2.70. The van der Waals surface area contributed by atoms with Gasteiger partial charge in [-0.3, -0.25) is 0 Å². The van der Waals surface area contributed by atoms with Gasteiger partial charge in [-0.1, -0.05) is 0 Å². The zero-order valence-corrected chi connectivity index (χ0v) is 13.6. The van der Waals surface area contributed by atoms with Crippen molar-refractivity contribution < 1.29 is 9.13 Å². The predicted molar refractivity (Wildman–Crippen MR) is 88.6 cm³/mol. The summed E-state index contributed by atoms with van der Waals surface area (Å²) in [6.07, 6.45) is 5.84. The highest BCUT2D eigenvalue weighted by molar-refractivity contribution is 5.51. The van der Waals surface area contributed by atoms with E-state index >= 15 is 0 Å². The molecule has 0 fully saturated rings. The minimum atomic E-state index is -0.562. The van der Waals surface area contributed by atoms with E-state index in [0.29, 0.717) is 24.7 Å². The Bertz CT molecular complexity index is 905. The molecule has 0 saturated heterocycles. The van der Waals surface area contributed by atoms with Crippen LogP contribution in [-0.2, 0) is 13.0 Å². The number of hydrogen-bond acceptors (Lipinski definition) is 7. The van der Waals surface area contributed by atoms with Crippen molar-refractivity contribution in [3.8, 4) is 17.5 Å². The van der Waals surface area contributed by atoms with Crippen LogP contribution in [0.4, 0.5) is 10.1 Å². The van der Waals surface area contributed by atoms with Crippen LogP contribution >= 0.6 is 0 Å². The topological polar surface area (TPSA) is 76.9 Å². The van der Waals surface area contributed by atoms with Crippen molar-refractivity contribution in [1.82, 2.24) is 24.9 Å². The van der Waals surface area contributed by atoms with E-state index in [4.69, 9.17) is 4.74 Å². The maximum absolute atomic E-state index is 13.6. The molecule has 0 N–H and O–H groups in total. The quantitative estimate of drug-likeness (QED) is 0.676.